The summed E-state index contributed by atoms with van der Waals surface area (Å²) in [5.74, 6) is 16.8. The summed E-state index contributed by atoms with van der Waals surface area (Å²) in [6, 6.07) is 63.9. The van der Waals surface area contributed by atoms with Crippen molar-refractivity contribution in [3.8, 4) is 92.7 Å². The van der Waals surface area contributed by atoms with Crippen LogP contribution in [-0.4, -0.2) is 46.7 Å². The topological polar surface area (TPSA) is 198 Å². The van der Waals surface area contributed by atoms with Crippen molar-refractivity contribution in [3.63, 3.8) is 0 Å². The van der Waals surface area contributed by atoms with Gasteiger partial charge in [-0.15, -0.1) is 0 Å². The van der Waals surface area contributed by atoms with E-state index in [0.29, 0.717) is 80.1 Å². The molecule has 0 heterocycles. The van der Waals surface area contributed by atoms with Gasteiger partial charge in [0.25, 0.3) is 0 Å². The Bertz CT molecular complexity index is 4230. The molecule has 0 unspecified atom stereocenters. The first-order valence-corrected chi connectivity index (χ1v) is 31.3. The lowest BCUT2D eigenvalue weighted by molar-refractivity contribution is 0.143. The van der Waals surface area contributed by atoms with E-state index in [4.69, 9.17) is 28.4 Å². The van der Waals surface area contributed by atoms with Crippen molar-refractivity contribution in [1.82, 2.24) is 0 Å². The third kappa shape index (κ3) is 15.8. The second kappa shape index (κ2) is 25.2. The van der Waals surface area contributed by atoms with Crippen molar-refractivity contribution in [3.05, 3.63) is 254 Å². The molecule has 0 radical (unpaired) electrons. The standard InChI is InChI=1S/C70H54O14S3/c1-69(2,71)47-45-49-5-9-51(10-6-49)79-57-21-33-63(34-22-57)85(73,74)65-37-25-59(26-38-65)81-53-13-17-55(18-14-53)83-61-29-41-67(42-30-61)87(77,78)68-43-31-62(32-44-68)84-56-19-15-54(16-20-56)82-60-27-39-66(40-28-60)86(75,76)64-35-23-58(24-36-64)80-52-11-7-50(8-12-52)46-48-70(3,4)72/h5-44,71-72H,1-4H3. The molecule has 10 aromatic carbocycles. The summed E-state index contributed by atoms with van der Waals surface area (Å²) in [6.07, 6.45) is 0. The Labute approximate surface area is 505 Å². The summed E-state index contributed by atoms with van der Waals surface area (Å²) >= 11 is 0. The lowest BCUT2D eigenvalue weighted by Crippen LogP contribution is -2.14. The average Bonchev–Trinajstić information content (AvgIpc) is 1.48. The van der Waals surface area contributed by atoms with E-state index < -0.39 is 40.7 Å². The first-order chi connectivity index (χ1) is 41.5. The highest BCUT2D eigenvalue weighted by atomic mass is 32.2. The summed E-state index contributed by atoms with van der Waals surface area (Å²) in [5, 5.41) is 19.7. The van der Waals surface area contributed by atoms with Crippen LogP contribution < -0.4 is 28.4 Å². The Morgan fingerprint density at radius 2 is 0.368 bits per heavy atom. The van der Waals surface area contributed by atoms with E-state index in [-0.39, 0.29) is 29.4 Å². The molecule has 0 atom stereocenters. The Kier molecular flexibility index (Phi) is 17.4. The van der Waals surface area contributed by atoms with Crippen molar-refractivity contribution in [2.75, 3.05) is 0 Å². The molecule has 0 fully saturated rings. The molecule has 2 N–H and O–H groups in total. The smallest absolute Gasteiger partial charge is 0.206 e. The molecule has 0 aliphatic heterocycles. The predicted molar refractivity (Wildman–Crippen MR) is 328 cm³/mol. The van der Waals surface area contributed by atoms with Crippen molar-refractivity contribution < 1.29 is 63.9 Å². The van der Waals surface area contributed by atoms with E-state index in [9.17, 15) is 35.5 Å². The normalized spacial score (nSPS) is 11.7. The lowest BCUT2D eigenvalue weighted by atomic mass is 10.1. The van der Waals surface area contributed by atoms with Crippen LogP contribution in [0.15, 0.2) is 272 Å². The molecule has 17 heteroatoms. The molecule has 10 rings (SSSR count). The molecule has 0 spiro atoms. The first kappa shape index (κ1) is 60.0. The van der Waals surface area contributed by atoms with Gasteiger partial charge < -0.3 is 38.6 Å². The van der Waals surface area contributed by atoms with Gasteiger partial charge >= 0.3 is 0 Å². The van der Waals surface area contributed by atoms with Crippen LogP contribution in [0.3, 0.4) is 0 Å². The van der Waals surface area contributed by atoms with Crippen molar-refractivity contribution >= 4 is 29.5 Å². The molecule has 0 saturated carbocycles. The molecule has 0 aliphatic rings. The monoisotopic (exact) mass is 1210 g/mol. The third-order valence-electron chi connectivity index (χ3n) is 12.6. The van der Waals surface area contributed by atoms with Gasteiger partial charge in [0.05, 0.1) is 29.4 Å². The minimum absolute atomic E-state index is 0.0588. The van der Waals surface area contributed by atoms with Gasteiger partial charge in [0.1, 0.15) is 80.2 Å². The predicted octanol–water partition coefficient (Wildman–Crippen LogP) is 15.2. The molecule has 0 aliphatic carbocycles. The van der Waals surface area contributed by atoms with Crippen LogP contribution in [0, 0.1) is 23.7 Å². The minimum Gasteiger partial charge on any atom is -0.457 e. The zero-order chi connectivity index (χ0) is 61.4. The van der Waals surface area contributed by atoms with Crippen LogP contribution in [0.1, 0.15) is 38.8 Å². The van der Waals surface area contributed by atoms with E-state index in [1.165, 1.54) is 72.8 Å². The molecule has 10 aromatic rings. The molecule has 0 amide bonds. The summed E-state index contributed by atoms with van der Waals surface area (Å²) in [7, 11) is -11.6. The van der Waals surface area contributed by atoms with Crippen molar-refractivity contribution in [2.45, 2.75) is 68.3 Å². The molecule has 436 valence electrons. The van der Waals surface area contributed by atoms with E-state index in [1.807, 2.05) is 0 Å². The highest BCUT2D eigenvalue weighted by Crippen LogP contribution is 2.35. The fraction of sp³-hybridized carbons (Fsp3) is 0.0857. The number of hydrogen-bond donors (Lipinski definition) is 2. The van der Waals surface area contributed by atoms with Gasteiger partial charge in [-0.1, -0.05) is 23.7 Å². The quantitative estimate of drug-likeness (QED) is 0.0769. The summed E-state index contributed by atoms with van der Waals surface area (Å²) in [4.78, 5) is 0.458. The highest BCUT2D eigenvalue weighted by molar-refractivity contribution is 7.92. The van der Waals surface area contributed by atoms with E-state index in [1.54, 1.807) is 198 Å². The van der Waals surface area contributed by atoms with E-state index >= 15 is 0 Å². The van der Waals surface area contributed by atoms with Gasteiger partial charge in [-0.2, -0.15) is 0 Å². The summed E-state index contributed by atoms with van der Waals surface area (Å²) in [5.41, 5.74) is -0.794. The maximum absolute atomic E-state index is 13.6. The van der Waals surface area contributed by atoms with Crippen LogP contribution >= 0.6 is 0 Å². The van der Waals surface area contributed by atoms with Crippen LogP contribution in [0.25, 0.3) is 0 Å². The van der Waals surface area contributed by atoms with E-state index in [0.717, 1.165) is 0 Å². The highest BCUT2D eigenvalue weighted by Gasteiger charge is 2.21. The average molecular weight is 1220 g/mol. The van der Waals surface area contributed by atoms with Crippen LogP contribution in [-0.2, 0) is 29.5 Å². The number of hydrogen-bond acceptors (Lipinski definition) is 14. The largest absolute Gasteiger partial charge is 0.457 e. The number of ether oxygens (including phenoxy) is 6. The lowest BCUT2D eigenvalue weighted by Gasteiger charge is -2.11. The molecule has 0 aromatic heterocycles. The molecular formula is C70H54O14S3. The second-order valence-electron chi connectivity index (χ2n) is 20.6. The SMILES string of the molecule is CC(C)(O)C#Cc1ccc(Oc2ccc(S(=O)(=O)c3ccc(Oc4ccc(Oc5ccc(S(=O)(=O)c6ccc(Oc7ccc(Oc8ccc(S(=O)(=O)c9ccc(Oc%10ccc(C#CC(C)(C)O)cc%10)cc9)cc8)cc7)cc6)cc5)cc4)cc3)cc2)cc1. The van der Waals surface area contributed by atoms with Crippen LogP contribution in [0.5, 0.6) is 69.0 Å². The fourth-order valence-electron chi connectivity index (χ4n) is 8.16. The molecule has 0 saturated heterocycles. The van der Waals surface area contributed by atoms with Gasteiger partial charge in [-0.05, 0) is 270 Å². The number of sulfone groups is 3. The van der Waals surface area contributed by atoms with Gasteiger partial charge in [0.15, 0.2) is 0 Å². The third-order valence-corrected chi connectivity index (χ3v) is 18.0. The Hall–Kier alpha value is -10.1. The van der Waals surface area contributed by atoms with Crippen molar-refractivity contribution in [2.24, 2.45) is 0 Å². The fourth-order valence-corrected chi connectivity index (χ4v) is 11.9. The van der Waals surface area contributed by atoms with Crippen LogP contribution in [0.2, 0.25) is 0 Å². The molecule has 87 heavy (non-hydrogen) atoms. The Morgan fingerprint density at radius 1 is 0.241 bits per heavy atom. The Balaban J connectivity index is 0.669. The zero-order valence-electron chi connectivity index (χ0n) is 47.1. The summed E-state index contributed by atoms with van der Waals surface area (Å²) in [6.45, 7) is 6.42. The molecule has 14 nitrogen and oxygen atoms in total. The maximum Gasteiger partial charge on any atom is 0.206 e. The first-order valence-electron chi connectivity index (χ1n) is 26.8. The maximum atomic E-state index is 13.6. The van der Waals surface area contributed by atoms with Gasteiger partial charge in [-0.25, -0.2) is 25.3 Å². The number of benzene rings is 10. The van der Waals surface area contributed by atoms with Crippen LogP contribution in [0.4, 0.5) is 0 Å². The number of rotatable bonds is 18. The second-order valence-corrected chi connectivity index (χ2v) is 26.4. The van der Waals surface area contributed by atoms with Gasteiger partial charge in [-0.3, -0.25) is 0 Å². The number of aliphatic hydroxyl groups is 2. The van der Waals surface area contributed by atoms with Gasteiger partial charge in [0, 0.05) is 11.1 Å². The zero-order valence-corrected chi connectivity index (χ0v) is 49.6. The van der Waals surface area contributed by atoms with E-state index in [2.05, 4.69) is 23.7 Å². The Morgan fingerprint density at radius 3 is 0.506 bits per heavy atom. The molecule has 0 bridgehead atoms. The van der Waals surface area contributed by atoms with Crippen molar-refractivity contribution in [1.29, 1.82) is 0 Å². The summed E-state index contributed by atoms with van der Waals surface area (Å²) < 4.78 is 117. The minimum atomic E-state index is -3.91. The van der Waals surface area contributed by atoms with Gasteiger partial charge in [0.2, 0.25) is 29.5 Å². The molecular weight excluding hydrogens is 1160 g/mol.